The van der Waals surface area contributed by atoms with Crippen molar-refractivity contribution in [1.82, 2.24) is 5.32 Å². The summed E-state index contributed by atoms with van der Waals surface area (Å²) in [4.78, 5) is 11.8. The molecule has 3 heteroatoms. The molecule has 1 aliphatic heterocycles. The predicted molar refractivity (Wildman–Crippen MR) is 77.6 cm³/mol. The van der Waals surface area contributed by atoms with Gasteiger partial charge in [0.1, 0.15) is 0 Å². The van der Waals surface area contributed by atoms with Crippen LogP contribution in [0.5, 0.6) is 0 Å². The normalized spacial score (nSPS) is 31.1. The first-order chi connectivity index (χ1) is 9.02. The van der Waals surface area contributed by atoms with Crippen LogP contribution in [0.2, 0.25) is 0 Å². The van der Waals surface area contributed by atoms with E-state index in [-0.39, 0.29) is 17.9 Å². The largest absolute Gasteiger partial charge is 0.369 e. The van der Waals surface area contributed by atoms with E-state index >= 15 is 0 Å². The first-order valence-electron chi connectivity index (χ1n) is 7.17. The second-order valence-electron chi connectivity index (χ2n) is 5.78. The zero-order chi connectivity index (χ0) is 14.0. The molecule has 1 amide bonds. The number of rotatable bonds is 3. The molecule has 0 saturated carbocycles. The van der Waals surface area contributed by atoms with Crippen molar-refractivity contribution in [3.8, 4) is 0 Å². The van der Waals surface area contributed by atoms with E-state index in [1.54, 1.807) is 0 Å². The third-order valence-electron chi connectivity index (χ3n) is 4.24. The van der Waals surface area contributed by atoms with Gasteiger partial charge in [-0.05, 0) is 36.8 Å². The van der Waals surface area contributed by atoms with Gasteiger partial charge in [0.2, 0.25) is 5.91 Å². The highest BCUT2D eigenvalue weighted by Gasteiger charge is 2.37. The quantitative estimate of drug-likeness (QED) is 0.877. The molecule has 1 aromatic carbocycles. The van der Waals surface area contributed by atoms with Crippen molar-refractivity contribution in [3.63, 3.8) is 0 Å². The second-order valence-corrected chi connectivity index (χ2v) is 5.78. The van der Waals surface area contributed by atoms with Gasteiger partial charge in [-0.25, -0.2) is 0 Å². The van der Waals surface area contributed by atoms with Gasteiger partial charge in [0.15, 0.2) is 0 Å². The standard InChI is InChI=1S/C16H24N2O/c1-4-12-5-7-13(8-6-12)15-14(16(17)19)10(2)9-11(3)18-15/h5-8,10-11,14-15,18H,4,9H2,1-3H3,(H2,17,19). The summed E-state index contributed by atoms with van der Waals surface area (Å²) in [5, 5.41) is 3.53. The minimum absolute atomic E-state index is 0.0437. The van der Waals surface area contributed by atoms with E-state index in [9.17, 15) is 4.79 Å². The summed E-state index contributed by atoms with van der Waals surface area (Å²) in [6.07, 6.45) is 2.03. The van der Waals surface area contributed by atoms with Crippen molar-refractivity contribution in [3.05, 3.63) is 35.4 Å². The average molecular weight is 260 g/mol. The van der Waals surface area contributed by atoms with Crippen molar-refractivity contribution in [2.45, 2.75) is 45.7 Å². The SMILES string of the molecule is CCc1ccc(C2NC(C)CC(C)C2C(N)=O)cc1. The lowest BCUT2D eigenvalue weighted by molar-refractivity contribution is -0.125. The molecule has 0 aromatic heterocycles. The number of hydrogen-bond donors (Lipinski definition) is 2. The topological polar surface area (TPSA) is 55.1 Å². The molecule has 2 rings (SSSR count). The first kappa shape index (κ1) is 14.1. The fraction of sp³-hybridized carbons (Fsp3) is 0.562. The number of primary amides is 1. The van der Waals surface area contributed by atoms with E-state index in [2.05, 4.69) is 50.4 Å². The van der Waals surface area contributed by atoms with Crippen molar-refractivity contribution in [1.29, 1.82) is 0 Å². The number of nitrogens with two attached hydrogens (primary N) is 1. The summed E-state index contributed by atoms with van der Waals surface area (Å²) in [6, 6.07) is 8.98. The summed E-state index contributed by atoms with van der Waals surface area (Å²) in [7, 11) is 0. The Balaban J connectivity index is 2.29. The second kappa shape index (κ2) is 5.74. The van der Waals surface area contributed by atoms with Gasteiger partial charge >= 0.3 is 0 Å². The van der Waals surface area contributed by atoms with Crippen LogP contribution in [-0.2, 0) is 11.2 Å². The summed E-state index contributed by atoms with van der Waals surface area (Å²) >= 11 is 0. The first-order valence-corrected chi connectivity index (χ1v) is 7.17. The Morgan fingerprint density at radius 2 is 1.95 bits per heavy atom. The van der Waals surface area contributed by atoms with Crippen molar-refractivity contribution in [2.24, 2.45) is 17.6 Å². The van der Waals surface area contributed by atoms with Crippen molar-refractivity contribution in [2.75, 3.05) is 0 Å². The number of piperidine rings is 1. The van der Waals surface area contributed by atoms with Gasteiger partial charge in [0, 0.05) is 12.1 Å². The molecule has 1 saturated heterocycles. The fourth-order valence-electron chi connectivity index (χ4n) is 3.22. The molecule has 1 heterocycles. The highest BCUT2D eigenvalue weighted by atomic mass is 16.1. The van der Waals surface area contributed by atoms with E-state index < -0.39 is 0 Å². The van der Waals surface area contributed by atoms with Crippen LogP contribution in [0.25, 0.3) is 0 Å². The fourth-order valence-corrected chi connectivity index (χ4v) is 3.22. The zero-order valence-electron chi connectivity index (χ0n) is 12.0. The van der Waals surface area contributed by atoms with E-state index in [1.165, 1.54) is 11.1 Å². The van der Waals surface area contributed by atoms with Crippen LogP contribution in [0.15, 0.2) is 24.3 Å². The van der Waals surface area contributed by atoms with Gasteiger partial charge in [0.05, 0.1) is 5.92 Å². The number of carbonyl (C=O) groups is 1. The summed E-state index contributed by atoms with van der Waals surface area (Å²) in [6.45, 7) is 6.44. The number of amides is 1. The van der Waals surface area contributed by atoms with Gasteiger partial charge < -0.3 is 11.1 Å². The van der Waals surface area contributed by atoms with Crippen LogP contribution in [0.1, 0.15) is 44.4 Å². The summed E-state index contributed by atoms with van der Waals surface area (Å²) in [5.74, 6) is 0.00439. The van der Waals surface area contributed by atoms with Gasteiger partial charge in [-0.2, -0.15) is 0 Å². The molecule has 4 unspecified atom stereocenters. The molecule has 19 heavy (non-hydrogen) atoms. The summed E-state index contributed by atoms with van der Waals surface area (Å²) in [5.41, 5.74) is 8.09. The van der Waals surface area contributed by atoms with Crippen LogP contribution in [0.3, 0.4) is 0 Å². The molecule has 3 N–H and O–H groups in total. The Kier molecular flexibility index (Phi) is 4.25. The Labute approximate surface area is 115 Å². The molecule has 0 aliphatic carbocycles. The Hall–Kier alpha value is -1.35. The van der Waals surface area contributed by atoms with Crippen LogP contribution in [0, 0.1) is 11.8 Å². The Bertz CT molecular complexity index is 441. The highest BCUT2D eigenvalue weighted by Crippen LogP contribution is 2.35. The highest BCUT2D eigenvalue weighted by molar-refractivity contribution is 5.78. The van der Waals surface area contributed by atoms with Crippen LogP contribution >= 0.6 is 0 Å². The van der Waals surface area contributed by atoms with E-state index in [0.717, 1.165) is 12.8 Å². The molecule has 104 valence electrons. The molecule has 3 nitrogen and oxygen atoms in total. The van der Waals surface area contributed by atoms with Crippen LogP contribution < -0.4 is 11.1 Å². The minimum Gasteiger partial charge on any atom is -0.369 e. The molecule has 0 spiro atoms. The maximum Gasteiger partial charge on any atom is 0.222 e. The minimum atomic E-state index is -0.198. The molecular weight excluding hydrogens is 236 g/mol. The molecule has 4 atom stereocenters. The molecular formula is C16H24N2O. The number of nitrogens with one attached hydrogen (secondary N) is 1. The van der Waals surface area contributed by atoms with E-state index in [4.69, 9.17) is 5.73 Å². The molecule has 1 aromatic rings. The predicted octanol–water partition coefficient (Wildman–Crippen LogP) is 2.41. The number of carbonyl (C=O) groups excluding carboxylic acids is 1. The number of aryl methyl sites for hydroxylation is 1. The van der Waals surface area contributed by atoms with E-state index in [1.807, 2.05) is 0 Å². The van der Waals surface area contributed by atoms with Crippen LogP contribution in [-0.4, -0.2) is 11.9 Å². The zero-order valence-corrected chi connectivity index (χ0v) is 12.0. The molecule has 1 fully saturated rings. The lowest BCUT2D eigenvalue weighted by Gasteiger charge is -2.39. The van der Waals surface area contributed by atoms with Gasteiger partial charge in [-0.1, -0.05) is 38.1 Å². The molecule has 0 radical (unpaired) electrons. The van der Waals surface area contributed by atoms with Crippen molar-refractivity contribution < 1.29 is 4.79 Å². The average Bonchev–Trinajstić information content (AvgIpc) is 2.37. The number of benzene rings is 1. The Morgan fingerprint density at radius 3 is 2.47 bits per heavy atom. The van der Waals surface area contributed by atoms with Gasteiger partial charge in [0.25, 0.3) is 0 Å². The number of hydrogen-bond acceptors (Lipinski definition) is 2. The monoisotopic (exact) mass is 260 g/mol. The molecule has 0 bridgehead atoms. The van der Waals surface area contributed by atoms with Gasteiger partial charge in [-0.3, -0.25) is 4.79 Å². The van der Waals surface area contributed by atoms with Crippen molar-refractivity contribution >= 4 is 5.91 Å². The van der Waals surface area contributed by atoms with Crippen LogP contribution in [0.4, 0.5) is 0 Å². The smallest absolute Gasteiger partial charge is 0.222 e. The molecule has 1 aliphatic rings. The third-order valence-corrected chi connectivity index (χ3v) is 4.24. The van der Waals surface area contributed by atoms with Gasteiger partial charge in [-0.15, -0.1) is 0 Å². The maximum atomic E-state index is 11.8. The maximum absolute atomic E-state index is 11.8. The lowest BCUT2D eigenvalue weighted by Crippen LogP contribution is -2.49. The summed E-state index contributed by atoms with van der Waals surface area (Å²) < 4.78 is 0. The lowest BCUT2D eigenvalue weighted by atomic mass is 9.76. The van der Waals surface area contributed by atoms with E-state index in [0.29, 0.717) is 12.0 Å². The Morgan fingerprint density at radius 1 is 1.32 bits per heavy atom. The third kappa shape index (κ3) is 2.98.